The highest BCUT2D eigenvalue weighted by Gasteiger charge is 2.19. The Morgan fingerprint density at radius 1 is 1.25 bits per heavy atom. The molecule has 1 aromatic carbocycles. The molecule has 1 fully saturated rings. The van der Waals surface area contributed by atoms with Gasteiger partial charge in [-0.05, 0) is 69.6 Å². The van der Waals surface area contributed by atoms with Crippen molar-refractivity contribution < 1.29 is 0 Å². The molecule has 3 rings (SSSR count). The molecule has 0 spiro atoms. The molecule has 3 nitrogen and oxygen atoms in total. The third-order valence-electron chi connectivity index (χ3n) is 4.76. The number of nitrogens with zero attached hydrogens (tertiary/aromatic N) is 2. The molecule has 2 heterocycles. The molecule has 2 aromatic rings. The molecule has 0 saturated carbocycles. The Morgan fingerprint density at radius 2 is 2.00 bits per heavy atom. The zero-order chi connectivity index (χ0) is 16.8. The number of piperidine rings is 1. The van der Waals surface area contributed by atoms with Crippen LogP contribution in [0.25, 0.3) is 0 Å². The minimum atomic E-state index is 0.789. The molecular weight excluding hydrogens is 338 g/mol. The van der Waals surface area contributed by atoms with Crippen molar-refractivity contribution in [3.05, 3.63) is 50.9 Å². The van der Waals surface area contributed by atoms with Crippen molar-refractivity contribution in [3.8, 4) is 0 Å². The second-order valence-corrected chi connectivity index (χ2v) is 8.03. The van der Waals surface area contributed by atoms with Gasteiger partial charge in [0.1, 0.15) is 0 Å². The lowest BCUT2D eigenvalue weighted by Gasteiger charge is -2.31. The van der Waals surface area contributed by atoms with Gasteiger partial charge < -0.3 is 5.32 Å². The molecule has 1 aliphatic rings. The average Bonchev–Trinajstić information content (AvgIpc) is 3.03. The fourth-order valence-corrected chi connectivity index (χ4v) is 4.24. The van der Waals surface area contributed by atoms with E-state index in [9.17, 15) is 0 Å². The van der Waals surface area contributed by atoms with Crippen LogP contribution in [0.2, 0.25) is 5.02 Å². The number of nitrogens with one attached hydrogen (secondary N) is 1. The highest BCUT2D eigenvalue weighted by molar-refractivity contribution is 7.09. The molecule has 1 aliphatic heterocycles. The minimum absolute atomic E-state index is 0.789. The number of hydrogen-bond acceptors (Lipinski definition) is 4. The summed E-state index contributed by atoms with van der Waals surface area (Å²) in [7, 11) is 2.04. The van der Waals surface area contributed by atoms with Gasteiger partial charge in [0, 0.05) is 23.4 Å². The van der Waals surface area contributed by atoms with Crippen LogP contribution in [0.5, 0.6) is 0 Å². The summed E-state index contributed by atoms with van der Waals surface area (Å²) in [6.45, 7) is 4.55. The third-order valence-corrected chi connectivity index (χ3v) is 5.91. The lowest BCUT2D eigenvalue weighted by molar-refractivity contribution is 0.171. The van der Waals surface area contributed by atoms with Crippen LogP contribution < -0.4 is 5.32 Å². The number of aromatic nitrogens is 1. The van der Waals surface area contributed by atoms with Crippen LogP contribution in [-0.2, 0) is 13.0 Å². The van der Waals surface area contributed by atoms with E-state index in [-0.39, 0.29) is 0 Å². The van der Waals surface area contributed by atoms with Gasteiger partial charge in [0.05, 0.1) is 10.7 Å². The number of halogens is 1. The van der Waals surface area contributed by atoms with Gasteiger partial charge in [0.2, 0.25) is 0 Å². The molecule has 130 valence electrons. The predicted molar refractivity (Wildman–Crippen MR) is 103 cm³/mol. The summed E-state index contributed by atoms with van der Waals surface area (Å²) in [4.78, 5) is 7.38. The van der Waals surface area contributed by atoms with E-state index in [0.717, 1.165) is 30.5 Å². The first kappa shape index (κ1) is 17.9. The first-order valence-electron chi connectivity index (χ1n) is 8.77. The Kier molecular flexibility index (Phi) is 6.67. The van der Waals surface area contributed by atoms with E-state index < -0.39 is 0 Å². The standard InChI is InChI=1S/C19H26ClN3S/c1-21-9-6-15-7-10-23(11-8-15)13-18-14-24-19(22-18)12-16-2-4-17(20)5-3-16/h2-5,14-15,21H,6-13H2,1H3. The molecule has 0 radical (unpaired) electrons. The number of likely N-dealkylation sites (tertiary alicyclic amines) is 1. The second-order valence-electron chi connectivity index (χ2n) is 6.65. The molecule has 1 N–H and O–H groups in total. The van der Waals surface area contributed by atoms with Crippen LogP contribution in [0.15, 0.2) is 29.6 Å². The first-order valence-corrected chi connectivity index (χ1v) is 10.0. The summed E-state index contributed by atoms with van der Waals surface area (Å²) >= 11 is 7.71. The fourth-order valence-electron chi connectivity index (χ4n) is 3.29. The fraction of sp³-hybridized carbons (Fsp3) is 0.526. The third kappa shape index (κ3) is 5.28. The number of thiazole rings is 1. The summed E-state index contributed by atoms with van der Waals surface area (Å²) in [6, 6.07) is 8.06. The highest BCUT2D eigenvalue weighted by atomic mass is 35.5. The molecule has 0 bridgehead atoms. The van der Waals surface area contributed by atoms with Crippen molar-refractivity contribution in [3.63, 3.8) is 0 Å². The molecule has 5 heteroatoms. The summed E-state index contributed by atoms with van der Waals surface area (Å²) < 4.78 is 0. The summed E-state index contributed by atoms with van der Waals surface area (Å²) in [6.07, 6.45) is 4.85. The lowest BCUT2D eigenvalue weighted by atomic mass is 9.93. The van der Waals surface area contributed by atoms with Gasteiger partial charge >= 0.3 is 0 Å². The van der Waals surface area contributed by atoms with E-state index in [1.165, 1.54) is 48.6 Å². The van der Waals surface area contributed by atoms with Gasteiger partial charge in [-0.25, -0.2) is 4.98 Å². The van der Waals surface area contributed by atoms with Gasteiger partial charge in [-0.1, -0.05) is 23.7 Å². The molecule has 0 unspecified atom stereocenters. The van der Waals surface area contributed by atoms with Crippen LogP contribution in [0.3, 0.4) is 0 Å². The van der Waals surface area contributed by atoms with Crippen molar-refractivity contribution in [1.82, 2.24) is 15.2 Å². The van der Waals surface area contributed by atoms with E-state index in [0.29, 0.717) is 0 Å². The maximum absolute atomic E-state index is 5.94. The van der Waals surface area contributed by atoms with Crippen molar-refractivity contribution in [1.29, 1.82) is 0 Å². The van der Waals surface area contributed by atoms with Crippen LogP contribution in [-0.4, -0.2) is 36.6 Å². The Labute approximate surface area is 154 Å². The van der Waals surface area contributed by atoms with Gasteiger partial charge in [-0.2, -0.15) is 0 Å². The normalized spacial score (nSPS) is 16.6. The minimum Gasteiger partial charge on any atom is -0.320 e. The van der Waals surface area contributed by atoms with Crippen molar-refractivity contribution in [2.75, 3.05) is 26.7 Å². The monoisotopic (exact) mass is 363 g/mol. The molecule has 24 heavy (non-hydrogen) atoms. The van der Waals surface area contributed by atoms with E-state index in [2.05, 4.69) is 27.7 Å². The van der Waals surface area contributed by atoms with Crippen LogP contribution in [0, 0.1) is 5.92 Å². The van der Waals surface area contributed by atoms with Crippen molar-refractivity contribution in [2.45, 2.75) is 32.2 Å². The molecule has 0 amide bonds. The molecular formula is C19H26ClN3S. The topological polar surface area (TPSA) is 28.2 Å². The Morgan fingerprint density at radius 3 is 2.71 bits per heavy atom. The van der Waals surface area contributed by atoms with Gasteiger partial charge in [0.15, 0.2) is 0 Å². The highest BCUT2D eigenvalue weighted by Crippen LogP contribution is 2.22. The molecule has 0 aliphatic carbocycles. The van der Waals surface area contributed by atoms with Gasteiger partial charge in [-0.3, -0.25) is 4.90 Å². The summed E-state index contributed by atoms with van der Waals surface area (Å²) in [5.74, 6) is 0.893. The van der Waals surface area contributed by atoms with Gasteiger partial charge in [0.25, 0.3) is 0 Å². The molecule has 1 aromatic heterocycles. The first-order chi connectivity index (χ1) is 11.7. The number of benzene rings is 1. The van der Waals surface area contributed by atoms with E-state index in [4.69, 9.17) is 16.6 Å². The van der Waals surface area contributed by atoms with E-state index >= 15 is 0 Å². The zero-order valence-corrected chi connectivity index (χ0v) is 15.9. The van der Waals surface area contributed by atoms with E-state index in [1.54, 1.807) is 11.3 Å². The van der Waals surface area contributed by atoms with Crippen molar-refractivity contribution >= 4 is 22.9 Å². The summed E-state index contributed by atoms with van der Waals surface area (Å²) in [5, 5.41) is 7.46. The van der Waals surface area contributed by atoms with Crippen LogP contribution in [0.4, 0.5) is 0 Å². The largest absolute Gasteiger partial charge is 0.320 e. The number of hydrogen-bond donors (Lipinski definition) is 1. The van der Waals surface area contributed by atoms with Gasteiger partial charge in [-0.15, -0.1) is 11.3 Å². The maximum Gasteiger partial charge on any atom is 0.0972 e. The maximum atomic E-state index is 5.94. The Hall–Kier alpha value is -0.940. The predicted octanol–water partition coefficient (Wildman–Crippen LogP) is 4.21. The van der Waals surface area contributed by atoms with Crippen LogP contribution in [0.1, 0.15) is 35.5 Å². The average molecular weight is 364 g/mol. The van der Waals surface area contributed by atoms with E-state index in [1.807, 2.05) is 19.2 Å². The lowest BCUT2D eigenvalue weighted by Crippen LogP contribution is -2.34. The Bertz CT molecular complexity index is 618. The molecule has 0 atom stereocenters. The van der Waals surface area contributed by atoms with Crippen molar-refractivity contribution in [2.24, 2.45) is 5.92 Å². The Balaban J connectivity index is 1.47. The SMILES string of the molecule is CNCCC1CCN(Cc2csc(Cc3ccc(Cl)cc3)n2)CC1. The second kappa shape index (κ2) is 8.95. The molecule has 1 saturated heterocycles. The number of rotatable bonds is 7. The smallest absolute Gasteiger partial charge is 0.0972 e. The van der Waals surface area contributed by atoms with Crippen LogP contribution >= 0.6 is 22.9 Å². The summed E-state index contributed by atoms with van der Waals surface area (Å²) in [5.41, 5.74) is 2.49. The zero-order valence-electron chi connectivity index (χ0n) is 14.3. The quantitative estimate of drug-likeness (QED) is 0.798.